The molecule has 0 bridgehead atoms. The number of hydrogen-bond donors (Lipinski definition) is 1. The Morgan fingerprint density at radius 1 is 1.50 bits per heavy atom. The Labute approximate surface area is 95.5 Å². The zero-order valence-corrected chi connectivity index (χ0v) is 10.4. The Hall–Kier alpha value is -0.0500. The Morgan fingerprint density at radius 2 is 2.29 bits per heavy atom. The normalized spacial score (nSPS) is 13.1. The van der Waals surface area contributed by atoms with Crippen LogP contribution < -0.4 is 5.32 Å². The van der Waals surface area contributed by atoms with Gasteiger partial charge < -0.3 is 5.32 Å². The van der Waals surface area contributed by atoms with Gasteiger partial charge in [-0.1, -0.05) is 18.5 Å². The van der Waals surface area contributed by atoms with Gasteiger partial charge >= 0.3 is 0 Å². The lowest BCUT2D eigenvalue weighted by Gasteiger charge is -2.12. The second-order valence-corrected chi connectivity index (χ2v) is 5.29. The molecule has 0 saturated carbocycles. The van der Waals surface area contributed by atoms with E-state index >= 15 is 0 Å². The maximum absolute atomic E-state index is 5.86. The van der Waals surface area contributed by atoms with E-state index in [0.717, 1.165) is 10.8 Å². The number of aryl methyl sites for hydroxylation is 1. The monoisotopic (exact) mass is 231 g/mol. The van der Waals surface area contributed by atoms with Crippen LogP contribution in [0, 0.1) is 0 Å². The lowest BCUT2D eigenvalue weighted by Crippen LogP contribution is -2.23. The summed E-state index contributed by atoms with van der Waals surface area (Å²) in [5, 5.41) is 3.32. The maximum atomic E-state index is 5.86. The van der Waals surface area contributed by atoms with Crippen molar-refractivity contribution in [2.45, 2.75) is 38.6 Å². The van der Waals surface area contributed by atoms with Gasteiger partial charge in [0, 0.05) is 10.9 Å². The number of hydrogen-bond acceptors (Lipinski definition) is 2. The molecule has 1 aromatic rings. The first kappa shape index (κ1) is 12.0. The molecule has 0 saturated heterocycles. The predicted molar refractivity (Wildman–Crippen MR) is 65.4 cm³/mol. The zero-order valence-electron chi connectivity index (χ0n) is 8.85. The van der Waals surface area contributed by atoms with Crippen molar-refractivity contribution in [3.05, 3.63) is 21.3 Å². The Morgan fingerprint density at radius 3 is 2.79 bits per heavy atom. The molecule has 14 heavy (non-hydrogen) atoms. The zero-order chi connectivity index (χ0) is 10.4. The van der Waals surface area contributed by atoms with Gasteiger partial charge in [-0.05, 0) is 44.9 Å². The van der Waals surface area contributed by atoms with E-state index in [0.29, 0.717) is 6.04 Å². The van der Waals surface area contributed by atoms with Gasteiger partial charge in [0.05, 0.1) is 4.34 Å². The summed E-state index contributed by atoms with van der Waals surface area (Å²) in [6, 6.07) is 4.79. The Kier molecular flexibility index (Phi) is 5.53. The van der Waals surface area contributed by atoms with Crippen molar-refractivity contribution < 1.29 is 0 Å². The third kappa shape index (κ3) is 3.99. The van der Waals surface area contributed by atoms with E-state index in [2.05, 4.69) is 18.3 Å². The summed E-state index contributed by atoms with van der Waals surface area (Å²) in [6.45, 7) is 2.23. The largest absolute Gasteiger partial charge is 0.317 e. The van der Waals surface area contributed by atoms with E-state index in [4.69, 9.17) is 11.6 Å². The minimum Gasteiger partial charge on any atom is -0.317 e. The topological polar surface area (TPSA) is 12.0 Å². The molecule has 1 nitrogen and oxygen atoms in total. The molecule has 0 aliphatic carbocycles. The SMILES string of the molecule is CCC(CCCc1ccc(Cl)s1)NC. The van der Waals surface area contributed by atoms with Crippen LogP contribution in [0.5, 0.6) is 0 Å². The van der Waals surface area contributed by atoms with Crippen LogP contribution in [0.15, 0.2) is 12.1 Å². The van der Waals surface area contributed by atoms with Crippen LogP contribution in [-0.2, 0) is 6.42 Å². The summed E-state index contributed by atoms with van der Waals surface area (Å²) in [4.78, 5) is 1.40. The van der Waals surface area contributed by atoms with E-state index in [1.54, 1.807) is 11.3 Å². The maximum Gasteiger partial charge on any atom is 0.0931 e. The smallest absolute Gasteiger partial charge is 0.0931 e. The van der Waals surface area contributed by atoms with Crippen LogP contribution in [0.2, 0.25) is 4.34 Å². The third-order valence-electron chi connectivity index (χ3n) is 2.51. The van der Waals surface area contributed by atoms with Crippen LogP contribution in [0.4, 0.5) is 0 Å². The van der Waals surface area contributed by atoms with Crippen LogP contribution in [0.3, 0.4) is 0 Å². The fourth-order valence-corrected chi connectivity index (χ4v) is 2.69. The minimum absolute atomic E-state index is 0.672. The quantitative estimate of drug-likeness (QED) is 0.787. The van der Waals surface area contributed by atoms with Crippen molar-refractivity contribution >= 4 is 22.9 Å². The summed E-state index contributed by atoms with van der Waals surface area (Å²) in [5.74, 6) is 0. The standard InChI is InChI=1S/C11H18ClNS/c1-3-9(13-2)5-4-6-10-7-8-11(12)14-10/h7-9,13H,3-6H2,1-2H3. The van der Waals surface area contributed by atoms with Crippen LogP contribution >= 0.6 is 22.9 Å². The highest BCUT2D eigenvalue weighted by Crippen LogP contribution is 2.23. The molecule has 0 aliphatic heterocycles. The fourth-order valence-electron chi connectivity index (χ4n) is 1.56. The lowest BCUT2D eigenvalue weighted by atomic mass is 10.1. The first-order valence-corrected chi connectivity index (χ1v) is 6.37. The molecule has 0 amide bonds. The molecule has 80 valence electrons. The van der Waals surface area contributed by atoms with E-state index in [9.17, 15) is 0 Å². The van der Waals surface area contributed by atoms with Gasteiger partial charge in [-0.3, -0.25) is 0 Å². The minimum atomic E-state index is 0.672. The summed E-state index contributed by atoms with van der Waals surface area (Å²) < 4.78 is 0.903. The second kappa shape index (κ2) is 6.44. The highest BCUT2D eigenvalue weighted by Gasteiger charge is 2.03. The average Bonchev–Trinajstić information content (AvgIpc) is 2.59. The number of rotatable bonds is 6. The van der Waals surface area contributed by atoms with Crippen molar-refractivity contribution in [2.75, 3.05) is 7.05 Å². The van der Waals surface area contributed by atoms with E-state index in [1.165, 1.54) is 24.1 Å². The molecule has 1 N–H and O–H groups in total. The van der Waals surface area contributed by atoms with E-state index < -0.39 is 0 Å². The number of halogens is 1. The molecule has 0 fully saturated rings. The number of thiophene rings is 1. The molecule has 0 aliphatic rings. The lowest BCUT2D eigenvalue weighted by molar-refractivity contribution is 0.492. The summed E-state index contributed by atoms with van der Waals surface area (Å²) >= 11 is 7.56. The number of nitrogens with one attached hydrogen (secondary N) is 1. The van der Waals surface area contributed by atoms with Crippen molar-refractivity contribution in [3.63, 3.8) is 0 Å². The Balaban J connectivity index is 2.21. The van der Waals surface area contributed by atoms with Crippen molar-refractivity contribution in [3.8, 4) is 0 Å². The molecular weight excluding hydrogens is 214 g/mol. The van der Waals surface area contributed by atoms with E-state index in [1.807, 2.05) is 13.1 Å². The third-order valence-corrected chi connectivity index (χ3v) is 3.80. The van der Waals surface area contributed by atoms with Crippen molar-refractivity contribution in [1.29, 1.82) is 0 Å². The molecule has 1 rings (SSSR count). The molecule has 0 radical (unpaired) electrons. The van der Waals surface area contributed by atoms with Gasteiger partial charge in [-0.25, -0.2) is 0 Å². The second-order valence-electron chi connectivity index (χ2n) is 3.49. The summed E-state index contributed by atoms with van der Waals surface area (Å²) in [7, 11) is 2.04. The first-order chi connectivity index (χ1) is 6.76. The molecule has 1 atom stereocenters. The Bertz CT molecular complexity index is 256. The summed E-state index contributed by atoms with van der Waals surface area (Å²) in [5.41, 5.74) is 0. The predicted octanol–water partition coefficient (Wildman–Crippen LogP) is 3.72. The average molecular weight is 232 g/mol. The first-order valence-electron chi connectivity index (χ1n) is 5.17. The van der Waals surface area contributed by atoms with Crippen molar-refractivity contribution in [1.82, 2.24) is 5.32 Å². The van der Waals surface area contributed by atoms with E-state index in [-0.39, 0.29) is 0 Å². The molecule has 0 aromatic carbocycles. The van der Waals surface area contributed by atoms with Gasteiger partial charge in [0.25, 0.3) is 0 Å². The molecule has 1 unspecified atom stereocenters. The highest BCUT2D eigenvalue weighted by atomic mass is 35.5. The van der Waals surface area contributed by atoms with Crippen LogP contribution in [0.25, 0.3) is 0 Å². The fraction of sp³-hybridized carbons (Fsp3) is 0.636. The molecule has 1 aromatic heterocycles. The van der Waals surface area contributed by atoms with Gasteiger partial charge in [-0.15, -0.1) is 11.3 Å². The van der Waals surface area contributed by atoms with Gasteiger partial charge in [0.2, 0.25) is 0 Å². The van der Waals surface area contributed by atoms with Gasteiger partial charge in [0.1, 0.15) is 0 Å². The highest BCUT2D eigenvalue weighted by molar-refractivity contribution is 7.16. The molecule has 0 spiro atoms. The van der Waals surface area contributed by atoms with Crippen LogP contribution in [0.1, 0.15) is 31.1 Å². The van der Waals surface area contributed by atoms with Gasteiger partial charge in [0.15, 0.2) is 0 Å². The van der Waals surface area contributed by atoms with Gasteiger partial charge in [-0.2, -0.15) is 0 Å². The molecule has 1 heterocycles. The van der Waals surface area contributed by atoms with Crippen molar-refractivity contribution in [2.24, 2.45) is 0 Å². The summed E-state index contributed by atoms with van der Waals surface area (Å²) in [6.07, 6.45) is 4.87. The van der Waals surface area contributed by atoms with Crippen LogP contribution in [-0.4, -0.2) is 13.1 Å². The molecule has 3 heteroatoms. The molecular formula is C11H18ClNS.